The number of tetrazole rings is 1. The first-order chi connectivity index (χ1) is 8.66. The summed E-state index contributed by atoms with van der Waals surface area (Å²) in [5.41, 5.74) is 6.08. The molecule has 8 nitrogen and oxygen atoms in total. The maximum Gasteiger partial charge on any atom is 0.251 e. The number of benzene rings is 1. The van der Waals surface area contributed by atoms with Crippen molar-refractivity contribution in [3.63, 3.8) is 0 Å². The van der Waals surface area contributed by atoms with E-state index in [1.54, 1.807) is 24.3 Å². The van der Waals surface area contributed by atoms with E-state index < -0.39 is 5.91 Å². The highest BCUT2D eigenvalue weighted by Crippen LogP contribution is 2.07. The molecule has 18 heavy (non-hydrogen) atoms. The van der Waals surface area contributed by atoms with Gasteiger partial charge in [-0.1, -0.05) is 0 Å². The number of nitrogens with zero attached hydrogens (tertiary/aromatic N) is 4. The van der Waals surface area contributed by atoms with Crippen LogP contribution >= 0.6 is 0 Å². The second kappa shape index (κ2) is 5.04. The molecule has 1 heterocycles. The van der Waals surface area contributed by atoms with Gasteiger partial charge in [0.25, 0.3) is 5.91 Å². The molecule has 0 fully saturated rings. The number of carbonyl (C=O) groups excluding carboxylic acids is 2. The second-order valence-electron chi connectivity index (χ2n) is 3.45. The minimum atomic E-state index is -0.589. The smallest absolute Gasteiger partial charge is 0.251 e. The Morgan fingerprint density at radius 3 is 2.56 bits per heavy atom. The fraction of sp³-hybridized carbons (Fsp3) is 0.100. The fourth-order valence-corrected chi connectivity index (χ4v) is 1.31. The maximum absolute atomic E-state index is 11.6. The topological polar surface area (TPSA) is 116 Å². The van der Waals surface area contributed by atoms with Crippen LogP contribution in [0.15, 0.2) is 30.6 Å². The summed E-state index contributed by atoms with van der Waals surface area (Å²) >= 11 is 0. The first-order valence-electron chi connectivity index (χ1n) is 5.07. The van der Waals surface area contributed by atoms with Crippen molar-refractivity contribution in [2.24, 2.45) is 5.73 Å². The van der Waals surface area contributed by atoms with E-state index in [0.717, 1.165) is 5.69 Å². The van der Waals surface area contributed by atoms with Gasteiger partial charge in [0, 0.05) is 5.56 Å². The molecule has 1 aromatic carbocycles. The van der Waals surface area contributed by atoms with Crippen LogP contribution in [0, 0.1) is 0 Å². The molecule has 2 aromatic rings. The summed E-state index contributed by atoms with van der Waals surface area (Å²) in [5, 5.41) is 13.1. The highest BCUT2D eigenvalue weighted by molar-refractivity contribution is 5.96. The Morgan fingerprint density at radius 2 is 2.00 bits per heavy atom. The molecule has 0 spiro atoms. The van der Waals surface area contributed by atoms with Crippen LogP contribution in [0.1, 0.15) is 10.4 Å². The Bertz CT molecular complexity index is 548. The molecule has 2 amide bonds. The molecule has 0 atom stereocenters. The van der Waals surface area contributed by atoms with Crippen molar-refractivity contribution < 1.29 is 9.59 Å². The van der Waals surface area contributed by atoms with Crippen LogP contribution in [0.3, 0.4) is 0 Å². The van der Waals surface area contributed by atoms with Crippen molar-refractivity contribution in [2.45, 2.75) is 0 Å². The zero-order valence-corrected chi connectivity index (χ0v) is 9.28. The fourth-order valence-electron chi connectivity index (χ4n) is 1.31. The molecule has 0 radical (unpaired) electrons. The monoisotopic (exact) mass is 246 g/mol. The van der Waals surface area contributed by atoms with Gasteiger partial charge in [0.05, 0.1) is 12.2 Å². The van der Waals surface area contributed by atoms with Crippen LogP contribution in [-0.4, -0.2) is 38.6 Å². The number of carbonyl (C=O) groups is 2. The molecule has 0 aliphatic rings. The van der Waals surface area contributed by atoms with Crippen LogP contribution in [-0.2, 0) is 4.79 Å². The van der Waals surface area contributed by atoms with E-state index >= 15 is 0 Å². The van der Waals surface area contributed by atoms with Gasteiger partial charge in [-0.3, -0.25) is 9.59 Å². The molecule has 0 saturated heterocycles. The molecule has 0 bridgehead atoms. The first-order valence-corrected chi connectivity index (χ1v) is 5.07. The van der Waals surface area contributed by atoms with Gasteiger partial charge in [-0.25, -0.2) is 4.68 Å². The Labute approximate surface area is 102 Å². The molecule has 3 N–H and O–H groups in total. The lowest BCUT2D eigenvalue weighted by molar-refractivity contribution is -0.117. The summed E-state index contributed by atoms with van der Waals surface area (Å²) in [6, 6.07) is 6.59. The number of nitrogens with two attached hydrogens (primary N) is 1. The molecule has 0 saturated carbocycles. The van der Waals surface area contributed by atoms with Crippen molar-refractivity contribution in [1.82, 2.24) is 25.5 Å². The average molecular weight is 246 g/mol. The van der Waals surface area contributed by atoms with Crippen molar-refractivity contribution >= 4 is 11.8 Å². The lowest BCUT2D eigenvalue weighted by Gasteiger charge is -2.04. The third kappa shape index (κ3) is 2.67. The van der Waals surface area contributed by atoms with E-state index in [4.69, 9.17) is 5.73 Å². The Morgan fingerprint density at radius 1 is 1.28 bits per heavy atom. The Kier molecular flexibility index (Phi) is 3.28. The summed E-state index contributed by atoms with van der Waals surface area (Å²) in [6.45, 7) is -0.187. The molecule has 8 heteroatoms. The molecule has 2 rings (SSSR count). The molecule has 92 valence electrons. The lowest BCUT2D eigenvalue weighted by Crippen LogP contribution is -2.33. The average Bonchev–Trinajstić information content (AvgIpc) is 2.90. The summed E-state index contributed by atoms with van der Waals surface area (Å²) < 4.78 is 1.46. The predicted molar refractivity (Wildman–Crippen MR) is 60.7 cm³/mol. The van der Waals surface area contributed by atoms with Crippen LogP contribution in [0.25, 0.3) is 5.69 Å². The number of amides is 2. The molecule has 0 aliphatic carbocycles. The van der Waals surface area contributed by atoms with E-state index in [9.17, 15) is 9.59 Å². The van der Waals surface area contributed by atoms with Gasteiger partial charge >= 0.3 is 0 Å². The van der Waals surface area contributed by atoms with Crippen LogP contribution < -0.4 is 11.1 Å². The molecule has 0 aliphatic heterocycles. The van der Waals surface area contributed by atoms with E-state index in [-0.39, 0.29) is 12.5 Å². The summed E-state index contributed by atoms with van der Waals surface area (Å²) in [6.07, 6.45) is 1.45. The quantitative estimate of drug-likeness (QED) is 0.708. The number of primary amides is 1. The zero-order chi connectivity index (χ0) is 13.0. The van der Waals surface area contributed by atoms with Crippen LogP contribution in [0.5, 0.6) is 0 Å². The minimum Gasteiger partial charge on any atom is -0.368 e. The van der Waals surface area contributed by atoms with Gasteiger partial charge in [-0.05, 0) is 34.7 Å². The predicted octanol–water partition coefficient (Wildman–Crippen LogP) is -1.12. The highest BCUT2D eigenvalue weighted by Gasteiger charge is 2.06. The third-order valence-electron chi connectivity index (χ3n) is 2.17. The van der Waals surface area contributed by atoms with E-state index in [0.29, 0.717) is 5.56 Å². The van der Waals surface area contributed by atoms with Crippen molar-refractivity contribution in [3.8, 4) is 5.69 Å². The van der Waals surface area contributed by atoms with Gasteiger partial charge in [-0.2, -0.15) is 0 Å². The molecular formula is C10H10N6O2. The molecule has 0 unspecified atom stereocenters. The van der Waals surface area contributed by atoms with Crippen molar-refractivity contribution in [2.75, 3.05) is 6.54 Å². The van der Waals surface area contributed by atoms with E-state index in [2.05, 4.69) is 20.8 Å². The van der Waals surface area contributed by atoms with Crippen LogP contribution in [0.2, 0.25) is 0 Å². The van der Waals surface area contributed by atoms with Gasteiger partial charge in [0.1, 0.15) is 6.33 Å². The molecule has 1 aromatic heterocycles. The number of aromatic nitrogens is 4. The molecular weight excluding hydrogens is 236 g/mol. The number of rotatable bonds is 4. The second-order valence-corrected chi connectivity index (χ2v) is 3.45. The highest BCUT2D eigenvalue weighted by atomic mass is 16.2. The summed E-state index contributed by atoms with van der Waals surface area (Å²) in [4.78, 5) is 22.1. The maximum atomic E-state index is 11.6. The Hall–Kier alpha value is -2.77. The Balaban J connectivity index is 2.08. The van der Waals surface area contributed by atoms with Crippen LogP contribution in [0.4, 0.5) is 0 Å². The third-order valence-corrected chi connectivity index (χ3v) is 2.17. The van der Waals surface area contributed by atoms with Crippen molar-refractivity contribution in [3.05, 3.63) is 36.2 Å². The van der Waals surface area contributed by atoms with E-state index in [1.165, 1.54) is 11.0 Å². The number of hydrogen-bond acceptors (Lipinski definition) is 5. The van der Waals surface area contributed by atoms with Crippen molar-refractivity contribution in [1.29, 1.82) is 0 Å². The SMILES string of the molecule is NC(=O)CNC(=O)c1ccc(-n2cnnn2)cc1. The van der Waals surface area contributed by atoms with Gasteiger partial charge in [0.15, 0.2) is 0 Å². The number of hydrogen-bond donors (Lipinski definition) is 2. The van der Waals surface area contributed by atoms with Gasteiger partial charge in [-0.15, -0.1) is 5.10 Å². The largest absolute Gasteiger partial charge is 0.368 e. The minimum absolute atomic E-state index is 0.187. The lowest BCUT2D eigenvalue weighted by atomic mass is 10.2. The number of nitrogens with one attached hydrogen (secondary N) is 1. The first kappa shape index (κ1) is 11.7. The standard InChI is InChI=1S/C10H10N6O2/c11-9(17)5-12-10(18)7-1-3-8(4-2-7)16-6-13-14-15-16/h1-4,6H,5H2,(H2,11,17)(H,12,18). The normalized spacial score (nSPS) is 10.0. The van der Waals surface area contributed by atoms with Gasteiger partial charge in [0.2, 0.25) is 5.91 Å². The summed E-state index contributed by atoms with van der Waals surface area (Å²) in [5.74, 6) is -0.953. The van der Waals surface area contributed by atoms with Gasteiger partial charge < -0.3 is 11.1 Å². The van der Waals surface area contributed by atoms with E-state index in [1.807, 2.05) is 0 Å². The zero-order valence-electron chi connectivity index (χ0n) is 9.28. The summed E-state index contributed by atoms with van der Waals surface area (Å²) in [7, 11) is 0.